The van der Waals surface area contributed by atoms with Crippen LogP contribution in [0.4, 0.5) is 8.78 Å². The fourth-order valence-electron chi connectivity index (χ4n) is 1.63. The molecule has 13 heavy (non-hydrogen) atoms. The van der Waals surface area contributed by atoms with Gasteiger partial charge in [0.05, 0.1) is 0 Å². The third-order valence-corrected chi connectivity index (χ3v) is 2.34. The fraction of sp³-hybridized carbons (Fsp3) is 0.400. The van der Waals surface area contributed by atoms with Crippen LogP contribution in [0.2, 0.25) is 0 Å². The van der Waals surface area contributed by atoms with Crippen LogP contribution in [0, 0.1) is 5.82 Å². The molecule has 1 unspecified atom stereocenters. The van der Waals surface area contributed by atoms with E-state index in [-0.39, 0.29) is 5.82 Å². The first-order valence-corrected chi connectivity index (χ1v) is 4.40. The number of rotatable bonds is 0. The Morgan fingerprint density at radius 1 is 1.38 bits per heavy atom. The van der Waals surface area contributed by atoms with Gasteiger partial charge >= 0.3 is 0 Å². The molecule has 1 aromatic rings. The molecule has 0 aromatic heterocycles. The molecule has 0 spiro atoms. The van der Waals surface area contributed by atoms with E-state index in [0.717, 1.165) is 5.56 Å². The lowest BCUT2D eigenvalue weighted by Gasteiger charge is -2.08. The van der Waals surface area contributed by atoms with E-state index in [9.17, 15) is 8.78 Å². The van der Waals surface area contributed by atoms with Crippen molar-refractivity contribution in [3.05, 3.63) is 35.1 Å². The van der Waals surface area contributed by atoms with Gasteiger partial charge < -0.3 is 5.32 Å². The van der Waals surface area contributed by atoms with Gasteiger partial charge in [0.15, 0.2) is 0 Å². The van der Waals surface area contributed by atoms with Gasteiger partial charge in [-0.25, -0.2) is 8.78 Å². The highest BCUT2D eigenvalue weighted by molar-refractivity contribution is 5.30. The highest BCUT2D eigenvalue weighted by Crippen LogP contribution is 2.27. The van der Waals surface area contributed by atoms with E-state index in [2.05, 4.69) is 5.32 Å². The minimum absolute atomic E-state index is 0.358. The highest BCUT2D eigenvalue weighted by atomic mass is 19.1. The molecule has 0 saturated carbocycles. The van der Waals surface area contributed by atoms with Crippen LogP contribution < -0.4 is 5.32 Å². The molecule has 70 valence electrons. The molecule has 0 saturated heterocycles. The van der Waals surface area contributed by atoms with Crippen molar-refractivity contribution in [2.45, 2.75) is 19.1 Å². The molecule has 1 aromatic carbocycles. The van der Waals surface area contributed by atoms with Crippen LogP contribution in [-0.4, -0.2) is 6.54 Å². The first-order valence-electron chi connectivity index (χ1n) is 4.40. The van der Waals surface area contributed by atoms with Crippen molar-refractivity contribution in [1.82, 2.24) is 5.32 Å². The summed E-state index contributed by atoms with van der Waals surface area (Å²) in [6.45, 7) is 1.29. The van der Waals surface area contributed by atoms with E-state index < -0.39 is 6.17 Å². The number of hydrogen-bond acceptors (Lipinski definition) is 1. The minimum atomic E-state index is -1.03. The predicted molar refractivity (Wildman–Crippen MR) is 46.6 cm³/mol. The van der Waals surface area contributed by atoms with Crippen LogP contribution in [-0.2, 0) is 6.54 Å². The zero-order valence-corrected chi connectivity index (χ0v) is 7.19. The van der Waals surface area contributed by atoms with Gasteiger partial charge in [-0.2, -0.15) is 0 Å². The van der Waals surface area contributed by atoms with Crippen molar-refractivity contribution in [2.75, 3.05) is 6.54 Å². The number of benzene rings is 1. The molecule has 0 aliphatic carbocycles. The van der Waals surface area contributed by atoms with Crippen LogP contribution in [0.25, 0.3) is 0 Å². The minimum Gasteiger partial charge on any atom is -0.313 e. The van der Waals surface area contributed by atoms with Gasteiger partial charge in [0.1, 0.15) is 12.0 Å². The molecule has 0 radical (unpaired) electrons. The fourth-order valence-corrected chi connectivity index (χ4v) is 1.63. The van der Waals surface area contributed by atoms with Crippen LogP contribution >= 0.6 is 0 Å². The Bertz CT molecular complexity index is 312. The highest BCUT2D eigenvalue weighted by Gasteiger charge is 2.17. The van der Waals surface area contributed by atoms with E-state index in [0.29, 0.717) is 25.1 Å². The maximum absolute atomic E-state index is 13.4. The maximum Gasteiger partial charge on any atom is 0.127 e. The third kappa shape index (κ3) is 1.70. The molecule has 1 aliphatic rings. The SMILES string of the molecule is Fc1ccc2c(c1)C(F)CCNC2. The number of nitrogens with one attached hydrogen (secondary N) is 1. The Kier molecular flexibility index (Phi) is 2.27. The maximum atomic E-state index is 13.4. The van der Waals surface area contributed by atoms with Crippen molar-refractivity contribution in [1.29, 1.82) is 0 Å². The van der Waals surface area contributed by atoms with E-state index >= 15 is 0 Å². The normalized spacial score (nSPS) is 22.2. The van der Waals surface area contributed by atoms with Crippen molar-refractivity contribution >= 4 is 0 Å². The van der Waals surface area contributed by atoms with Crippen molar-refractivity contribution in [3.63, 3.8) is 0 Å². The summed E-state index contributed by atoms with van der Waals surface area (Å²) in [6, 6.07) is 4.32. The van der Waals surface area contributed by atoms with Crippen molar-refractivity contribution in [3.8, 4) is 0 Å². The van der Waals surface area contributed by atoms with Crippen LogP contribution in [0.1, 0.15) is 23.7 Å². The molecule has 1 atom stereocenters. The quantitative estimate of drug-likeness (QED) is 0.651. The Morgan fingerprint density at radius 3 is 3.08 bits per heavy atom. The Balaban J connectivity index is 2.43. The summed E-state index contributed by atoms with van der Waals surface area (Å²) in [4.78, 5) is 0. The molecule has 1 aliphatic heterocycles. The molecule has 1 nitrogen and oxygen atoms in total. The predicted octanol–water partition coefficient (Wildman–Crippen LogP) is 2.33. The summed E-state index contributed by atoms with van der Waals surface area (Å²) in [5.41, 5.74) is 1.37. The second-order valence-electron chi connectivity index (χ2n) is 3.28. The summed E-state index contributed by atoms with van der Waals surface area (Å²) in [5, 5.41) is 3.09. The molecule has 2 rings (SSSR count). The van der Waals surface area contributed by atoms with Gasteiger partial charge in [-0.05, 0) is 36.2 Å². The number of hydrogen-bond donors (Lipinski definition) is 1. The Hall–Kier alpha value is -0.960. The first-order chi connectivity index (χ1) is 6.27. The van der Waals surface area contributed by atoms with Gasteiger partial charge in [-0.3, -0.25) is 0 Å². The lowest BCUT2D eigenvalue weighted by atomic mass is 10.0. The van der Waals surface area contributed by atoms with E-state index in [1.165, 1.54) is 12.1 Å². The first kappa shape index (κ1) is 8.63. The van der Waals surface area contributed by atoms with E-state index in [1.807, 2.05) is 0 Å². The van der Waals surface area contributed by atoms with Gasteiger partial charge in [0.2, 0.25) is 0 Å². The summed E-state index contributed by atoms with van der Waals surface area (Å²) < 4.78 is 26.2. The third-order valence-electron chi connectivity index (χ3n) is 2.34. The smallest absolute Gasteiger partial charge is 0.127 e. The largest absolute Gasteiger partial charge is 0.313 e. The number of fused-ring (bicyclic) bond motifs is 1. The molecule has 3 heteroatoms. The topological polar surface area (TPSA) is 12.0 Å². The van der Waals surface area contributed by atoms with Gasteiger partial charge in [-0.15, -0.1) is 0 Å². The second-order valence-corrected chi connectivity index (χ2v) is 3.28. The number of alkyl halides is 1. The summed E-state index contributed by atoms with van der Waals surface area (Å²) >= 11 is 0. The van der Waals surface area contributed by atoms with E-state index in [4.69, 9.17) is 0 Å². The van der Waals surface area contributed by atoms with Gasteiger partial charge in [-0.1, -0.05) is 6.07 Å². The monoisotopic (exact) mass is 183 g/mol. The average molecular weight is 183 g/mol. The number of halogens is 2. The molecule has 0 amide bonds. The van der Waals surface area contributed by atoms with Crippen LogP contribution in [0.3, 0.4) is 0 Å². The van der Waals surface area contributed by atoms with Crippen LogP contribution in [0.15, 0.2) is 18.2 Å². The van der Waals surface area contributed by atoms with Crippen molar-refractivity contribution < 1.29 is 8.78 Å². The molecule has 0 fully saturated rings. The lowest BCUT2D eigenvalue weighted by Crippen LogP contribution is -2.12. The van der Waals surface area contributed by atoms with E-state index in [1.54, 1.807) is 6.07 Å². The summed E-state index contributed by atoms with van der Waals surface area (Å²) in [7, 11) is 0. The summed E-state index contributed by atoms with van der Waals surface area (Å²) in [5.74, 6) is -0.358. The Labute approximate surface area is 75.8 Å². The molecule has 0 bridgehead atoms. The Morgan fingerprint density at radius 2 is 2.23 bits per heavy atom. The molecule has 1 heterocycles. The summed E-state index contributed by atoms with van der Waals surface area (Å²) in [6.07, 6.45) is -0.600. The second kappa shape index (κ2) is 3.42. The van der Waals surface area contributed by atoms with Gasteiger partial charge in [0, 0.05) is 6.54 Å². The van der Waals surface area contributed by atoms with Crippen molar-refractivity contribution in [2.24, 2.45) is 0 Å². The molecular formula is C10H11F2N. The average Bonchev–Trinajstić information content (AvgIpc) is 2.29. The van der Waals surface area contributed by atoms with Crippen LogP contribution in [0.5, 0.6) is 0 Å². The zero-order valence-electron chi connectivity index (χ0n) is 7.19. The molecular weight excluding hydrogens is 172 g/mol. The molecule has 1 N–H and O–H groups in total. The lowest BCUT2D eigenvalue weighted by molar-refractivity contribution is 0.325. The zero-order chi connectivity index (χ0) is 9.26. The standard InChI is InChI=1S/C10H11F2N/c11-8-2-1-7-6-13-4-3-10(12)9(7)5-8/h1-2,5,10,13H,3-4,6H2. The van der Waals surface area contributed by atoms with Gasteiger partial charge in [0.25, 0.3) is 0 Å².